The summed E-state index contributed by atoms with van der Waals surface area (Å²) >= 11 is 17.4. The zero-order chi connectivity index (χ0) is 16.1. The van der Waals surface area contributed by atoms with Gasteiger partial charge in [-0.25, -0.2) is 0 Å². The van der Waals surface area contributed by atoms with E-state index in [1.54, 1.807) is 24.3 Å². The van der Waals surface area contributed by atoms with E-state index in [9.17, 15) is 9.59 Å². The van der Waals surface area contributed by atoms with Gasteiger partial charge in [0.05, 0.1) is 0 Å². The predicted octanol–water partition coefficient (Wildman–Crippen LogP) is 3.56. The van der Waals surface area contributed by atoms with Crippen LogP contribution in [0.3, 0.4) is 0 Å². The second-order valence-electron chi connectivity index (χ2n) is 5.41. The van der Waals surface area contributed by atoms with Gasteiger partial charge in [0.2, 0.25) is 3.79 Å². The van der Waals surface area contributed by atoms with Gasteiger partial charge in [0.15, 0.2) is 11.0 Å². The van der Waals surface area contributed by atoms with Crippen molar-refractivity contribution in [1.82, 2.24) is 0 Å². The molecule has 1 aromatic carbocycles. The van der Waals surface area contributed by atoms with Gasteiger partial charge in [0, 0.05) is 5.56 Å². The molecule has 0 aliphatic carbocycles. The molecule has 0 spiro atoms. The van der Waals surface area contributed by atoms with Crippen LogP contribution in [0.2, 0.25) is 0 Å². The van der Waals surface area contributed by atoms with E-state index in [4.69, 9.17) is 44.3 Å². The first-order valence-electron chi connectivity index (χ1n) is 6.12. The molecule has 7 heteroatoms. The topological polar surface area (TPSA) is 52.6 Å². The van der Waals surface area contributed by atoms with Gasteiger partial charge >= 0.3 is 11.9 Å². The third-order valence-corrected chi connectivity index (χ3v) is 4.84. The minimum atomic E-state index is -1.83. The highest BCUT2D eigenvalue weighted by Crippen LogP contribution is 2.44. The Labute approximate surface area is 137 Å². The van der Waals surface area contributed by atoms with E-state index < -0.39 is 26.7 Å². The number of alkyl halides is 3. The molecule has 0 saturated carbocycles. The molecule has 4 nitrogen and oxygen atoms in total. The van der Waals surface area contributed by atoms with Gasteiger partial charge in [0.25, 0.3) is 0 Å². The molecule has 2 rings (SSSR count). The van der Waals surface area contributed by atoms with Crippen LogP contribution in [0.25, 0.3) is 0 Å². The van der Waals surface area contributed by atoms with Crippen LogP contribution >= 0.6 is 34.8 Å². The predicted molar refractivity (Wildman–Crippen MR) is 79.9 cm³/mol. The number of carbonyl (C=O) groups is 2. The Morgan fingerprint density at radius 1 is 1.24 bits per heavy atom. The lowest BCUT2D eigenvalue weighted by Gasteiger charge is -2.34. The highest BCUT2D eigenvalue weighted by atomic mass is 35.6. The van der Waals surface area contributed by atoms with Gasteiger partial charge in [-0.15, -0.1) is 0 Å². The maximum absolute atomic E-state index is 12.5. The number of halogens is 3. The fraction of sp³-hybridized carbons (Fsp3) is 0.429. The Bertz CT molecular complexity index is 606. The minimum Gasteiger partial charge on any atom is -0.454 e. The van der Waals surface area contributed by atoms with Crippen LogP contribution in [0.4, 0.5) is 0 Å². The van der Waals surface area contributed by atoms with Crippen molar-refractivity contribution in [2.45, 2.75) is 35.6 Å². The first-order chi connectivity index (χ1) is 9.50. The molecule has 0 aromatic heterocycles. The summed E-state index contributed by atoms with van der Waals surface area (Å²) < 4.78 is 8.55. The van der Waals surface area contributed by atoms with Gasteiger partial charge in [0.1, 0.15) is 5.75 Å². The Morgan fingerprint density at radius 3 is 2.38 bits per heavy atom. The molecule has 0 unspecified atom stereocenters. The lowest BCUT2D eigenvalue weighted by molar-refractivity contribution is -0.167. The number of ether oxygens (including phenoxy) is 2. The number of rotatable bonds is 2. The van der Waals surface area contributed by atoms with Gasteiger partial charge in [-0.05, 0) is 26.8 Å². The first-order valence-corrected chi connectivity index (χ1v) is 7.25. The normalized spacial score (nSPS) is 21.7. The molecule has 1 aliphatic rings. The van der Waals surface area contributed by atoms with Crippen LogP contribution in [0, 0.1) is 0 Å². The molecule has 0 radical (unpaired) electrons. The summed E-state index contributed by atoms with van der Waals surface area (Å²) in [5.74, 6) is -1.21. The molecule has 0 fully saturated rings. The number of para-hydroxylation sites is 1. The van der Waals surface area contributed by atoms with Gasteiger partial charge < -0.3 is 9.47 Å². The summed E-state index contributed by atoms with van der Waals surface area (Å²) in [6, 6.07) is 6.64. The number of fused-ring (bicyclic) bond motifs is 1. The third-order valence-electron chi connectivity index (χ3n) is 3.48. The minimum absolute atomic E-state index is 0.327. The van der Waals surface area contributed by atoms with Gasteiger partial charge in [-0.1, -0.05) is 53.0 Å². The van der Waals surface area contributed by atoms with E-state index in [1.807, 2.05) is 0 Å². The fourth-order valence-corrected chi connectivity index (χ4v) is 1.98. The molecule has 21 heavy (non-hydrogen) atoms. The van der Waals surface area contributed by atoms with Crippen molar-refractivity contribution < 1.29 is 19.1 Å². The van der Waals surface area contributed by atoms with E-state index in [0.29, 0.717) is 11.3 Å². The number of hydrogen-bond donors (Lipinski definition) is 0. The maximum Gasteiger partial charge on any atom is 0.333 e. The van der Waals surface area contributed by atoms with Crippen LogP contribution in [-0.2, 0) is 19.7 Å². The van der Waals surface area contributed by atoms with Crippen LogP contribution in [0.1, 0.15) is 26.3 Å². The van der Waals surface area contributed by atoms with Crippen molar-refractivity contribution in [2.24, 2.45) is 0 Å². The zero-order valence-corrected chi connectivity index (χ0v) is 13.8. The van der Waals surface area contributed by atoms with Crippen molar-refractivity contribution in [3.63, 3.8) is 0 Å². The standard InChI is InChI=1S/C14H13Cl3O4/c1-12(2,14(15,16)17)21-11(19)13(3)8-6-4-5-7-9(8)20-10(13)18/h4-7H,1-3H3/t13-/m0/s1. The molecule has 1 aromatic rings. The van der Waals surface area contributed by atoms with Crippen molar-refractivity contribution in [1.29, 1.82) is 0 Å². The smallest absolute Gasteiger partial charge is 0.333 e. The molecule has 0 N–H and O–H groups in total. The molecule has 0 bridgehead atoms. The first kappa shape index (κ1) is 16.4. The molecule has 1 heterocycles. The zero-order valence-electron chi connectivity index (χ0n) is 11.6. The van der Waals surface area contributed by atoms with Crippen molar-refractivity contribution in [3.8, 4) is 5.75 Å². The van der Waals surface area contributed by atoms with Crippen LogP contribution in [-0.4, -0.2) is 21.3 Å². The quantitative estimate of drug-likeness (QED) is 0.354. The van der Waals surface area contributed by atoms with Crippen LogP contribution < -0.4 is 4.74 Å². The summed E-state index contributed by atoms with van der Waals surface area (Å²) in [5.41, 5.74) is -2.56. The highest BCUT2D eigenvalue weighted by molar-refractivity contribution is 6.68. The average Bonchev–Trinajstić information content (AvgIpc) is 2.61. The number of carbonyl (C=O) groups excluding carboxylic acids is 2. The fourth-order valence-electron chi connectivity index (χ4n) is 1.87. The maximum atomic E-state index is 12.5. The average molecular weight is 352 g/mol. The SMILES string of the molecule is CC(C)(OC(=O)[C@]1(C)C(=O)Oc2ccccc21)C(Cl)(Cl)Cl. The third kappa shape index (κ3) is 2.60. The van der Waals surface area contributed by atoms with E-state index >= 15 is 0 Å². The van der Waals surface area contributed by atoms with E-state index in [0.717, 1.165) is 0 Å². The van der Waals surface area contributed by atoms with Gasteiger partial charge in [-0.2, -0.15) is 0 Å². The van der Waals surface area contributed by atoms with E-state index in [2.05, 4.69) is 0 Å². The lowest BCUT2D eigenvalue weighted by atomic mass is 9.84. The monoisotopic (exact) mass is 350 g/mol. The lowest BCUT2D eigenvalue weighted by Crippen LogP contribution is -2.48. The number of esters is 2. The molecular weight excluding hydrogens is 339 g/mol. The van der Waals surface area contributed by atoms with Crippen molar-refractivity contribution >= 4 is 46.7 Å². The number of hydrogen-bond acceptors (Lipinski definition) is 4. The largest absolute Gasteiger partial charge is 0.454 e. The summed E-state index contributed by atoms with van der Waals surface area (Å²) in [6.07, 6.45) is 0. The Hall–Kier alpha value is -0.970. The molecule has 1 atom stereocenters. The summed E-state index contributed by atoms with van der Waals surface area (Å²) in [5, 5.41) is 0. The highest BCUT2D eigenvalue weighted by Gasteiger charge is 2.55. The van der Waals surface area contributed by atoms with Crippen molar-refractivity contribution in [2.75, 3.05) is 0 Å². The molecule has 1 aliphatic heterocycles. The molecule has 0 saturated heterocycles. The summed E-state index contributed by atoms with van der Waals surface area (Å²) in [7, 11) is 0. The Kier molecular flexibility index (Phi) is 3.94. The van der Waals surface area contributed by atoms with Crippen molar-refractivity contribution in [3.05, 3.63) is 29.8 Å². The van der Waals surface area contributed by atoms with Gasteiger partial charge in [-0.3, -0.25) is 9.59 Å². The Balaban J connectivity index is 2.37. The second-order valence-corrected chi connectivity index (χ2v) is 7.69. The number of benzene rings is 1. The second kappa shape index (κ2) is 5.04. The molecule has 0 amide bonds. The van der Waals surface area contributed by atoms with E-state index in [-0.39, 0.29) is 0 Å². The molecule has 114 valence electrons. The summed E-state index contributed by atoms with van der Waals surface area (Å²) in [4.78, 5) is 24.6. The van der Waals surface area contributed by atoms with E-state index in [1.165, 1.54) is 20.8 Å². The van der Waals surface area contributed by atoms with Crippen LogP contribution in [0.5, 0.6) is 5.75 Å². The summed E-state index contributed by atoms with van der Waals surface area (Å²) in [6.45, 7) is 4.33. The van der Waals surface area contributed by atoms with Crippen LogP contribution in [0.15, 0.2) is 24.3 Å². The molecular formula is C14H13Cl3O4. The Morgan fingerprint density at radius 2 is 1.81 bits per heavy atom.